The van der Waals surface area contributed by atoms with Crippen LogP contribution >= 0.6 is 12.4 Å². The number of carbonyl (C=O) groups excluding carboxylic acids is 1. The van der Waals surface area contributed by atoms with Gasteiger partial charge in [0.2, 0.25) is 5.91 Å². The zero-order chi connectivity index (χ0) is 15.0. The monoisotopic (exact) mass is 314 g/mol. The quantitative estimate of drug-likeness (QED) is 0.775. The predicted octanol–water partition coefficient (Wildman–Crippen LogP) is 3.06. The van der Waals surface area contributed by atoms with Crippen LogP contribution in [0.5, 0.6) is 5.75 Å². The Labute approximate surface area is 133 Å². The summed E-state index contributed by atoms with van der Waals surface area (Å²) < 4.78 is 5.78. The summed E-state index contributed by atoms with van der Waals surface area (Å²) in [6, 6.07) is 7.82. The van der Waals surface area contributed by atoms with E-state index in [-0.39, 0.29) is 30.9 Å². The van der Waals surface area contributed by atoms with Gasteiger partial charge in [0, 0.05) is 5.56 Å². The molecule has 1 unspecified atom stereocenters. The van der Waals surface area contributed by atoms with E-state index in [0.29, 0.717) is 12.5 Å². The summed E-state index contributed by atoms with van der Waals surface area (Å²) >= 11 is 0. The van der Waals surface area contributed by atoms with Crippen LogP contribution in [0, 0.1) is 5.92 Å². The van der Waals surface area contributed by atoms with Crippen molar-refractivity contribution in [1.29, 1.82) is 0 Å². The van der Waals surface area contributed by atoms with E-state index in [0.717, 1.165) is 24.2 Å². The van der Waals surface area contributed by atoms with E-state index in [9.17, 15) is 4.79 Å². The van der Waals surface area contributed by atoms with Crippen LogP contribution in [0.4, 0.5) is 0 Å². The molecule has 0 radical (unpaired) electrons. The Bertz CT molecular complexity index is 424. The van der Waals surface area contributed by atoms with Gasteiger partial charge in [-0.1, -0.05) is 39.0 Å². The molecule has 21 heavy (non-hydrogen) atoms. The summed E-state index contributed by atoms with van der Waals surface area (Å²) in [7, 11) is 0. The van der Waals surface area contributed by atoms with E-state index < -0.39 is 0 Å². The normalized spacial score (nSPS) is 11.7. The fourth-order valence-corrected chi connectivity index (χ4v) is 2.10. The lowest BCUT2D eigenvalue weighted by Crippen LogP contribution is -2.34. The van der Waals surface area contributed by atoms with Crippen molar-refractivity contribution in [2.24, 2.45) is 11.7 Å². The van der Waals surface area contributed by atoms with Crippen molar-refractivity contribution >= 4 is 18.3 Å². The number of nitrogens with two attached hydrogens (primary N) is 1. The van der Waals surface area contributed by atoms with Crippen LogP contribution < -0.4 is 15.8 Å². The Hall–Kier alpha value is -1.26. The minimum absolute atomic E-state index is 0. The average molecular weight is 315 g/mol. The molecule has 1 aromatic rings. The van der Waals surface area contributed by atoms with E-state index in [1.54, 1.807) is 0 Å². The zero-order valence-electron chi connectivity index (χ0n) is 13.1. The van der Waals surface area contributed by atoms with Crippen molar-refractivity contribution in [1.82, 2.24) is 5.32 Å². The van der Waals surface area contributed by atoms with E-state index in [2.05, 4.69) is 26.1 Å². The Balaban J connectivity index is 0.00000400. The standard InChI is InChI=1S/C16H26N2O2.ClH/c1-4-9-20-15-8-6-5-7-13(15)14(10-12(2)3)18-16(19)11-17;/h5-8,12,14H,4,9-11,17H2,1-3H3,(H,18,19);1H. The van der Waals surface area contributed by atoms with Crippen molar-refractivity contribution in [3.05, 3.63) is 29.8 Å². The number of amides is 1. The highest BCUT2D eigenvalue weighted by Crippen LogP contribution is 2.29. The minimum atomic E-state index is -0.138. The zero-order valence-corrected chi connectivity index (χ0v) is 13.9. The third-order valence-corrected chi connectivity index (χ3v) is 2.98. The Morgan fingerprint density at radius 3 is 2.57 bits per heavy atom. The van der Waals surface area contributed by atoms with Crippen molar-refractivity contribution in [2.75, 3.05) is 13.2 Å². The molecule has 120 valence electrons. The number of ether oxygens (including phenoxy) is 1. The third kappa shape index (κ3) is 6.82. The van der Waals surface area contributed by atoms with Gasteiger partial charge in [0.15, 0.2) is 0 Å². The van der Waals surface area contributed by atoms with Gasteiger partial charge in [0.05, 0.1) is 19.2 Å². The molecule has 0 saturated carbocycles. The number of halogens is 1. The maximum atomic E-state index is 11.6. The first-order chi connectivity index (χ1) is 9.58. The Morgan fingerprint density at radius 1 is 1.33 bits per heavy atom. The molecule has 0 saturated heterocycles. The smallest absolute Gasteiger partial charge is 0.234 e. The molecule has 1 atom stereocenters. The fourth-order valence-electron chi connectivity index (χ4n) is 2.10. The highest BCUT2D eigenvalue weighted by Gasteiger charge is 2.19. The van der Waals surface area contributed by atoms with Crippen LogP contribution in [0.2, 0.25) is 0 Å². The summed E-state index contributed by atoms with van der Waals surface area (Å²) in [5, 5.41) is 2.99. The van der Waals surface area contributed by atoms with Gasteiger partial charge in [0.25, 0.3) is 0 Å². The van der Waals surface area contributed by atoms with Gasteiger partial charge in [-0.2, -0.15) is 0 Å². The van der Waals surface area contributed by atoms with E-state index >= 15 is 0 Å². The van der Waals surface area contributed by atoms with Gasteiger partial charge in [-0.3, -0.25) is 4.79 Å². The number of rotatable bonds is 8. The van der Waals surface area contributed by atoms with Gasteiger partial charge in [-0.25, -0.2) is 0 Å². The van der Waals surface area contributed by atoms with Gasteiger partial charge < -0.3 is 15.8 Å². The first-order valence-corrected chi connectivity index (χ1v) is 7.29. The molecule has 0 fully saturated rings. The Morgan fingerprint density at radius 2 is 2.00 bits per heavy atom. The van der Waals surface area contributed by atoms with Crippen LogP contribution in [0.3, 0.4) is 0 Å². The van der Waals surface area contributed by atoms with Crippen LogP contribution in [-0.2, 0) is 4.79 Å². The number of benzene rings is 1. The molecule has 0 aliphatic rings. The summed E-state index contributed by atoms with van der Waals surface area (Å²) in [5.41, 5.74) is 6.43. The fraction of sp³-hybridized carbons (Fsp3) is 0.562. The summed E-state index contributed by atoms with van der Waals surface area (Å²) in [5.74, 6) is 1.18. The number of para-hydroxylation sites is 1. The molecule has 1 rings (SSSR count). The second-order valence-corrected chi connectivity index (χ2v) is 5.34. The van der Waals surface area contributed by atoms with Gasteiger partial charge in [-0.05, 0) is 24.8 Å². The van der Waals surface area contributed by atoms with Crippen molar-refractivity contribution in [3.8, 4) is 5.75 Å². The number of hydrogen-bond acceptors (Lipinski definition) is 3. The highest BCUT2D eigenvalue weighted by molar-refractivity contribution is 5.85. The van der Waals surface area contributed by atoms with Crippen molar-refractivity contribution in [3.63, 3.8) is 0 Å². The summed E-state index contributed by atoms with van der Waals surface area (Å²) in [4.78, 5) is 11.6. The molecule has 0 aliphatic heterocycles. The van der Waals surface area contributed by atoms with E-state index in [4.69, 9.17) is 10.5 Å². The molecular weight excluding hydrogens is 288 g/mol. The molecule has 5 heteroatoms. The lowest BCUT2D eigenvalue weighted by atomic mass is 9.96. The number of carbonyl (C=O) groups is 1. The van der Waals surface area contributed by atoms with Crippen LogP contribution in [0.25, 0.3) is 0 Å². The first kappa shape index (κ1) is 19.7. The summed E-state index contributed by atoms with van der Waals surface area (Å²) in [6.45, 7) is 7.03. The highest BCUT2D eigenvalue weighted by atomic mass is 35.5. The molecule has 3 N–H and O–H groups in total. The maximum absolute atomic E-state index is 11.6. The topological polar surface area (TPSA) is 64.3 Å². The molecule has 0 spiro atoms. The molecule has 1 amide bonds. The minimum Gasteiger partial charge on any atom is -0.493 e. The third-order valence-electron chi connectivity index (χ3n) is 2.98. The van der Waals surface area contributed by atoms with Crippen LogP contribution in [0.1, 0.15) is 45.2 Å². The maximum Gasteiger partial charge on any atom is 0.234 e. The molecule has 4 nitrogen and oxygen atoms in total. The lowest BCUT2D eigenvalue weighted by molar-refractivity contribution is -0.120. The molecule has 0 heterocycles. The number of hydrogen-bond donors (Lipinski definition) is 2. The summed E-state index contributed by atoms with van der Waals surface area (Å²) in [6.07, 6.45) is 1.82. The number of nitrogens with one attached hydrogen (secondary N) is 1. The lowest BCUT2D eigenvalue weighted by Gasteiger charge is -2.23. The van der Waals surface area contributed by atoms with Crippen molar-refractivity contribution in [2.45, 2.75) is 39.7 Å². The molecular formula is C16H27ClN2O2. The van der Waals surface area contributed by atoms with Gasteiger partial charge >= 0.3 is 0 Å². The van der Waals surface area contributed by atoms with Crippen molar-refractivity contribution < 1.29 is 9.53 Å². The average Bonchev–Trinajstić information content (AvgIpc) is 2.44. The van der Waals surface area contributed by atoms with E-state index in [1.807, 2.05) is 24.3 Å². The largest absolute Gasteiger partial charge is 0.493 e. The molecule has 0 aliphatic carbocycles. The van der Waals surface area contributed by atoms with Crippen LogP contribution in [-0.4, -0.2) is 19.1 Å². The first-order valence-electron chi connectivity index (χ1n) is 7.29. The second-order valence-electron chi connectivity index (χ2n) is 5.34. The van der Waals surface area contributed by atoms with Crippen LogP contribution in [0.15, 0.2) is 24.3 Å². The predicted molar refractivity (Wildman–Crippen MR) is 88.9 cm³/mol. The second kappa shape index (κ2) is 10.5. The van der Waals surface area contributed by atoms with E-state index in [1.165, 1.54) is 0 Å². The van der Waals surface area contributed by atoms with Gasteiger partial charge in [-0.15, -0.1) is 12.4 Å². The Kier molecular flexibility index (Phi) is 9.84. The SMILES string of the molecule is CCCOc1ccccc1C(CC(C)C)NC(=O)CN.Cl. The molecule has 1 aromatic carbocycles. The van der Waals surface area contributed by atoms with Gasteiger partial charge in [0.1, 0.15) is 5.75 Å². The molecule has 0 bridgehead atoms. The molecule has 0 aromatic heterocycles.